The molecule has 0 atom stereocenters. The lowest BCUT2D eigenvalue weighted by Gasteiger charge is -2.33. The summed E-state index contributed by atoms with van der Waals surface area (Å²) in [5.41, 5.74) is 21.3. The number of para-hydroxylation sites is 9. The van der Waals surface area contributed by atoms with E-state index in [1.165, 1.54) is 59.8 Å². The van der Waals surface area contributed by atoms with Crippen molar-refractivity contribution in [3.8, 4) is 68.0 Å². The Morgan fingerprint density at radius 1 is 0.247 bits per heavy atom. The summed E-state index contributed by atoms with van der Waals surface area (Å²) in [6, 6.07) is 104. The van der Waals surface area contributed by atoms with Gasteiger partial charge < -0.3 is 27.7 Å². The molecule has 6 heterocycles. The van der Waals surface area contributed by atoms with Crippen LogP contribution in [0.25, 0.3) is 132 Å². The van der Waals surface area contributed by atoms with Crippen LogP contribution < -0.4 is 25.9 Å². The Labute approximate surface area is 488 Å². The number of benzene rings is 13. The molecular weight excluding hydrogens is 1040 g/mol. The summed E-state index contributed by atoms with van der Waals surface area (Å²) >= 11 is 0. The van der Waals surface area contributed by atoms with Crippen LogP contribution in [0.15, 0.2) is 285 Å². The summed E-state index contributed by atoms with van der Waals surface area (Å²) in [7, 11) is 0. The van der Waals surface area contributed by atoms with Crippen molar-refractivity contribution in [2.24, 2.45) is 0 Å². The predicted octanol–water partition coefficient (Wildman–Crippen LogP) is 18.1. The number of ether oxygens (including phenoxy) is 2. The van der Waals surface area contributed by atoms with Gasteiger partial charge in [-0.3, -0.25) is 0 Å². The fourth-order valence-electron chi connectivity index (χ4n) is 14.8. The molecule has 394 valence electrons. The molecule has 0 amide bonds. The Bertz CT molecular complexity index is 5540. The highest BCUT2D eigenvalue weighted by Gasteiger charge is 2.40. The summed E-state index contributed by atoms with van der Waals surface area (Å²) in [6.07, 6.45) is 0. The maximum absolute atomic E-state index is 6.89. The van der Waals surface area contributed by atoms with Crippen molar-refractivity contribution in [2.75, 3.05) is 0 Å². The number of hydrogen-bond donors (Lipinski definition) is 0. The molecule has 2 aliphatic rings. The van der Waals surface area contributed by atoms with Crippen molar-refractivity contribution in [3.63, 3.8) is 0 Å². The molecule has 0 spiro atoms. The van der Waals surface area contributed by atoms with E-state index in [0.717, 1.165) is 112 Å². The lowest BCUT2D eigenvalue weighted by molar-refractivity contribution is 0.464. The minimum atomic E-state index is -0.0125. The van der Waals surface area contributed by atoms with Crippen molar-refractivity contribution in [3.05, 3.63) is 285 Å². The van der Waals surface area contributed by atoms with Gasteiger partial charge in [0.25, 0.3) is 6.71 Å². The van der Waals surface area contributed by atoms with Gasteiger partial charge in [-0.1, -0.05) is 188 Å². The van der Waals surface area contributed by atoms with E-state index in [1.54, 1.807) is 0 Å². The van der Waals surface area contributed by atoms with Crippen molar-refractivity contribution >= 4 is 110 Å². The average molecular weight is 1080 g/mol. The van der Waals surface area contributed by atoms with Crippen LogP contribution in [0.2, 0.25) is 0 Å². The van der Waals surface area contributed by atoms with Gasteiger partial charge >= 0.3 is 0 Å². The normalized spacial score (nSPS) is 12.6. The van der Waals surface area contributed by atoms with E-state index in [2.05, 4.69) is 303 Å². The van der Waals surface area contributed by atoms with Crippen LogP contribution in [0.1, 0.15) is 0 Å². The first-order chi connectivity index (χ1) is 42.2. The molecule has 0 aliphatic carbocycles. The lowest BCUT2D eigenvalue weighted by atomic mass is 9.35. The molecule has 0 bridgehead atoms. The van der Waals surface area contributed by atoms with E-state index in [0.29, 0.717) is 0 Å². The first-order valence-corrected chi connectivity index (χ1v) is 29.2. The Balaban J connectivity index is 0.860. The smallest absolute Gasteiger partial charge is 0.260 e. The molecule has 0 N–H and O–H groups in total. The minimum absolute atomic E-state index is 0.0125. The van der Waals surface area contributed by atoms with E-state index >= 15 is 0 Å². The largest absolute Gasteiger partial charge is 0.458 e. The molecule has 0 radical (unpaired) electrons. The molecule has 19 rings (SSSR count). The topological polar surface area (TPSA) is 38.2 Å². The second-order valence-corrected chi connectivity index (χ2v) is 22.7. The zero-order chi connectivity index (χ0) is 55.4. The predicted molar refractivity (Wildman–Crippen MR) is 352 cm³/mol. The fourth-order valence-corrected chi connectivity index (χ4v) is 14.8. The van der Waals surface area contributed by atoms with E-state index < -0.39 is 0 Å². The van der Waals surface area contributed by atoms with Gasteiger partial charge in [-0.05, 0) is 107 Å². The van der Waals surface area contributed by atoms with E-state index in [4.69, 9.17) is 9.47 Å². The molecule has 7 heteroatoms. The van der Waals surface area contributed by atoms with Gasteiger partial charge in [0.05, 0.1) is 61.2 Å². The van der Waals surface area contributed by atoms with Crippen LogP contribution in [0, 0.1) is 0 Å². The molecule has 0 unspecified atom stereocenters. The molecule has 0 fully saturated rings. The highest BCUT2D eigenvalue weighted by atomic mass is 16.5. The van der Waals surface area contributed by atoms with Crippen LogP contribution in [-0.2, 0) is 0 Å². The third-order valence-corrected chi connectivity index (χ3v) is 18.3. The molecule has 0 saturated carbocycles. The monoisotopic (exact) mass is 1080 g/mol. The maximum atomic E-state index is 6.89. The zero-order valence-corrected chi connectivity index (χ0v) is 45.8. The Kier molecular flexibility index (Phi) is 9.61. The van der Waals surface area contributed by atoms with Gasteiger partial charge in [-0.15, -0.1) is 0 Å². The third-order valence-electron chi connectivity index (χ3n) is 18.3. The maximum Gasteiger partial charge on any atom is 0.260 e. The second kappa shape index (κ2) is 17.6. The zero-order valence-electron chi connectivity index (χ0n) is 45.8. The summed E-state index contributed by atoms with van der Waals surface area (Å²) in [5.74, 6) is 3.35. The van der Waals surface area contributed by atoms with Gasteiger partial charge in [-0.25, -0.2) is 0 Å². The quantitative estimate of drug-likeness (QED) is 0.156. The number of aromatic nitrogens is 4. The molecule has 0 saturated heterocycles. The Morgan fingerprint density at radius 2 is 0.671 bits per heavy atom. The summed E-state index contributed by atoms with van der Waals surface area (Å²) in [6.45, 7) is -0.0125. The molecule has 85 heavy (non-hydrogen) atoms. The average Bonchev–Trinajstić information content (AvgIpc) is 2.55. The van der Waals surface area contributed by atoms with E-state index in [1.807, 2.05) is 0 Å². The Hall–Kier alpha value is -11.3. The molecule has 2 aliphatic heterocycles. The number of nitrogens with zero attached hydrogens (tertiary/aromatic N) is 4. The number of rotatable bonds is 6. The second-order valence-electron chi connectivity index (χ2n) is 22.7. The van der Waals surface area contributed by atoms with Gasteiger partial charge in [0.2, 0.25) is 0 Å². The van der Waals surface area contributed by atoms with Crippen molar-refractivity contribution < 1.29 is 9.47 Å². The van der Waals surface area contributed by atoms with Crippen molar-refractivity contribution in [2.45, 2.75) is 0 Å². The van der Waals surface area contributed by atoms with Crippen LogP contribution in [0.5, 0.6) is 23.0 Å². The standard InChI is InChI=1S/C78H47BN4O2/c1-10-30-63-52(20-1)53-21-2-11-31-64(53)80(63)49-41-43-70-60(45-49)57-25-6-15-35-68(57)83(70)72-44-48(40-42-58(72)56-24-5-14-34-67(56)82-65-32-12-3-22-54(65)55-23-4-13-33-66(55)82)51-27-19-37-71-77(51)59-26-7-16-36-69(59)81(71)50-46-75-78-76(47-50)85-74-39-18-9-29-62(74)79(78)61-28-8-17-38-73(61)84-75/h1-47H. The van der Waals surface area contributed by atoms with E-state index in [9.17, 15) is 0 Å². The highest BCUT2D eigenvalue weighted by Crippen LogP contribution is 2.47. The fraction of sp³-hybridized carbons (Fsp3) is 0. The third kappa shape index (κ3) is 6.55. The first-order valence-electron chi connectivity index (χ1n) is 29.2. The summed E-state index contributed by atoms with van der Waals surface area (Å²) in [4.78, 5) is 0. The Morgan fingerprint density at radius 3 is 1.27 bits per heavy atom. The number of fused-ring (bicyclic) bond motifs is 16. The van der Waals surface area contributed by atoms with Crippen LogP contribution >= 0.6 is 0 Å². The molecule has 13 aromatic carbocycles. The molecular formula is C78H47BN4O2. The lowest BCUT2D eigenvalue weighted by Crippen LogP contribution is -2.57. The van der Waals surface area contributed by atoms with Crippen molar-refractivity contribution in [1.82, 2.24) is 18.3 Å². The highest BCUT2D eigenvalue weighted by molar-refractivity contribution is 6.98. The summed E-state index contributed by atoms with van der Waals surface area (Å²) in [5, 5.41) is 9.64. The summed E-state index contributed by atoms with van der Waals surface area (Å²) < 4.78 is 23.6. The van der Waals surface area contributed by atoms with Crippen LogP contribution in [0.4, 0.5) is 0 Å². The van der Waals surface area contributed by atoms with Crippen molar-refractivity contribution in [1.29, 1.82) is 0 Å². The van der Waals surface area contributed by atoms with Crippen LogP contribution in [0.3, 0.4) is 0 Å². The molecule has 6 nitrogen and oxygen atoms in total. The van der Waals surface area contributed by atoms with Gasteiger partial charge in [0.15, 0.2) is 0 Å². The van der Waals surface area contributed by atoms with Crippen LogP contribution in [-0.4, -0.2) is 25.0 Å². The SMILES string of the molecule is c1ccc2c(c1)Oc1cc(-n3c4ccccc4c4c(-c5ccc(-c6ccccc6-n6c7ccccc7c7ccccc76)c(-n6c7ccccc7c7cc(-n8c9ccccc9c9ccccc98)ccc76)c5)cccc43)cc3c1B2c1ccccc1O3. The van der Waals surface area contributed by atoms with Gasteiger partial charge in [0.1, 0.15) is 23.0 Å². The molecule has 17 aromatic rings. The molecule has 4 aromatic heterocycles. The minimum Gasteiger partial charge on any atom is -0.458 e. The van der Waals surface area contributed by atoms with Gasteiger partial charge in [0, 0.05) is 77.5 Å². The first kappa shape index (κ1) is 46.3. The van der Waals surface area contributed by atoms with E-state index in [-0.39, 0.29) is 6.71 Å². The van der Waals surface area contributed by atoms with Gasteiger partial charge in [-0.2, -0.15) is 0 Å². The number of hydrogen-bond acceptors (Lipinski definition) is 2.